The molecule has 1 unspecified atom stereocenters. The van der Waals surface area contributed by atoms with E-state index >= 15 is 0 Å². The summed E-state index contributed by atoms with van der Waals surface area (Å²) >= 11 is 0. The maximum absolute atomic E-state index is 12.7. The number of para-hydroxylation sites is 2. The predicted molar refractivity (Wildman–Crippen MR) is 99.2 cm³/mol. The highest BCUT2D eigenvalue weighted by atomic mass is 16.5. The zero-order valence-electron chi connectivity index (χ0n) is 14.6. The van der Waals surface area contributed by atoms with Gasteiger partial charge in [-0.1, -0.05) is 36.4 Å². The van der Waals surface area contributed by atoms with Gasteiger partial charge in [0.1, 0.15) is 12.3 Å². The molecule has 1 aliphatic heterocycles. The smallest absolute Gasteiger partial charge is 0.240 e. The second-order valence-corrected chi connectivity index (χ2v) is 6.76. The molecular formula is C21H22N2O3. The number of carbonyl (C=O) groups excluding carboxylic acids is 2. The third-order valence-electron chi connectivity index (χ3n) is 5.04. The summed E-state index contributed by atoms with van der Waals surface area (Å²) in [7, 11) is 0. The molecule has 5 nitrogen and oxygen atoms in total. The van der Waals surface area contributed by atoms with Crippen molar-refractivity contribution in [3.8, 4) is 5.75 Å². The van der Waals surface area contributed by atoms with Crippen molar-refractivity contribution >= 4 is 17.5 Å². The molecule has 2 aromatic carbocycles. The molecular weight excluding hydrogens is 328 g/mol. The number of nitrogens with zero attached hydrogens (tertiary/aromatic N) is 1. The summed E-state index contributed by atoms with van der Waals surface area (Å²) in [5.74, 6) is 0.417. The molecule has 2 aliphatic rings. The zero-order chi connectivity index (χ0) is 17.9. The van der Waals surface area contributed by atoms with E-state index in [0.717, 1.165) is 19.3 Å². The molecule has 5 heteroatoms. The van der Waals surface area contributed by atoms with Gasteiger partial charge in [-0.2, -0.15) is 0 Å². The highest BCUT2D eigenvalue weighted by Crippen LogP contribution is 2.32. The molecule has 0 radical (unpaired) electrons. The highest BCUT2D eigenvalue weighted by Gasteiger charge is 2.27. The number of carbonyl (C=O) groups is 2. The maximum atomic E-state index is 12.7. The van der Waals surface area contributed by atoms with Crippen molar-refractivity contribution in [2.24, 2.45) is 0 Å². The third kappa shape index (κ3) is 3.29. The molecule has 1 heterocycles. The Morgan fingerprint density at radius 1 is 1.12 bits per heavy atom. The van der Waals surface area contributed by atoms with Gasteiger partial charge < -0.3 is 10.1 Å². The Morgan fingerprint density at radius 3 is 2.85 bits per heavy atom. The first kappa shape index (κ1) is 16.6. The summed E-state index contributed by atoms with van der Waals surface area (Å²) in [6.07, 6.45) is 3.31. The van der Waals surface area contributed by atoms with Gasteiger partial charge in [-0.3, -0.25) is 14.5 Å². The van der Waals surface area contributed by atoms with Crippen LogP contribution < -0.4 is 15.0 Å². The lowest BCUT2D eigenvalue weighted by Crippen LogP contribution is -2.42. The van der Waals surface area contributed by atoms with E-state index in [4.69, 9.17) is 4.74 Å². The molecule has 0 aromatic heterocycles. The van der Waals surface area contributed by atoms with Crippen LogP contribution in [0.1, 0.15) is 36.4 Å². The van der Waals surface area contributed by atoms with Gasteiger partial charge in [0.15, 0.2) is 0 Å². The number of benzene rings is 2. The van der Waals surface area contributed by atoms with Gasteiger partial charge in [-0.25, -0.2) is 0 Å². The van der Waals surface area contributed by atoms with E-state index in [9.17, 15) is 9.59 Å². The number of amides is 2. The second-order valence-electron chi connectivity index (χ2n) is 6.76. The average Bonchev–Trinajstić information content (AvgIpc) is 2.81. The van der Waals surface area contributed by atoms with Crippen LogP contribution in [0.25, 0.3) is 0 Å². The Morgan fingerprint density at radius 2 is 1.92 bits per heavy atom. The minimum atomic E-state index is -0.142. The van der Waals surface area contributed by atoms with Crippen molar-refractivity contribution in [2.75, 3.05) is 18.1 Å². The lowest BCUT2D eigenvalue weighted by atomic mass is 9.88. The predicted octanol–water partition coefficient (Wildman–Crippen LogP) is 3.00. The average molecular weight is 350 g/mol. The van der Waals surface area contributed by atoms with E-state index in [1.54, 1.807) is 0 Å². The van der Waals surface area contributed by atoms with Crippen LogP contribution in [0.3, 0.4) is 0 Å². The molecule has 0 saturated carbocycles. The molecule has 0 spiro atoms. The van der Waals surface area contributed by atoms with E-state index in [2.05, 4.69) is 17.4 Å². The lowest BCUT2D eigenvalue weighted by molar-refractivity contribution is -0.124. The van der Waals surface area contributed by atoms with E-state index in [-0.39, 0.29) is 30.8 Å². The van der Waals surface area contributed by atoms with Gasteiger partial charge in [0.25, 0.3) is 0 Å². The minimum Gasteiger partial charge on any atom is -0.491 e. The van der Waals surface area contributed by atoms with Crippen molar-refractivity contribution in [3.63, 3.8) is 0 Å². The number of hydrogen-bond donors (Lipinski definition) is 1. The van der Waals surface area contributed by atoms with Gasteiger partial charge in [-0.15, -0.1) is 0 Å². The standard InChI is InChI=1S/C21H22N2O3/c24-20(22-17-9-5-7-15-6-1-2-8-16(15)17)14-23-18-10-3-4-11-19(18)26-13-12-21(23)25/h1-4,6,8,10-11,17H,5,7,9,12-14H2,(H,22,24). The number of anilines is 1. The molecule has 26 heavy (non-hydrogen) atoms. The van der Waals surface area contributed by atoms with Crippen molar-refractivity contribution < 1.29 is 14.3 Å². The van der Waals surface area contributed by atoms with Crippen molar-refractivity contribution in [1.82, 2.24) is 5.32 Å². The van der Waals surface area contributed by atoms with Crippen LogP contribution >= 0.6 is 0 Å². The molecule has 1 aliphatic carbocycles. The van der Waals surface area contributed by atoms with Crippen LogP contribution in [-0.4, -0.2) is 25.0 Å². The first-order valence-electron chi connectivity index (χ1n) is 9.12. The lowest BCUT2D eigenvalue weighted by Gasteiger charge is -2.28. The van der Waals surface area contributed by atoms with Crippen LogP contribution in [0.5, 0.6) is 5.75 Å². The Kier molecular flexibility index (Phi) is 4.61. The van der Waals surface area contributed by atoms with Crippen LogP contribution in [0.2, 0.25) is 0 Å². The Bertz CT molecular complexity index is 834. The molecule has 134 valence electrons. The Labute approximate surface area is 153 Å². The van der Waals surface area contributed by atoms with Gasteiger partial charge in [-0.05, 0) is 42.5 Å². The van der Waals surface area contributed by atoms with Crippen LogP contribution in [-0.2, 0) is 16.0 Å². The number of ether oxygens (including phenoxy) is 1. The van der Waals surface area contributed by atoms with Crippen LogP contribution in [0, 0.1) is 0 Å². The molecule has 0 fully saturated rings. The molecule has 0 saturated heterocycles. The number of aryl methyl sites for hydroxylation is 1. The van der Waals surface area contributed by atoms with E-state index in [0.29, 0.717) is 18.0 Å². The number of rotatable bonds is 3. The SMILES string of the molecule is O=C(CN1C(=O)CCOc2ccccc21)NC1CCCc2ccccc21. The van der Waals surface area contributed by atoms with E-state index < -0.39 is 0 Å². The fourth-order valence-corrected chi connectivity index (χ4v) is 3.78. The molecule has 0 bridgehead atoms. The summed E-state index contributed by atoms with van der Waals surface area (Å²) in [4.78, 5) is 26.7. The summed E-state index contributed by atoms with van der Waals surface area (Å²) in [5.41, 5.74) is 3.15. The monoisotopic (exact) mass is 350 g/mol. The van der Waals surface area contributed by atoms with E-state index in [1.165, 1.54) is 16.0 Å². The highest BCUT2D eigenvalue weighted by molar-refractivity contribution is 6.00. The molecule has 1 atom stereocenters. The topological polar surface area (TPSA) is 58.6 Å². The maximum Gasteiger partial charge on any atom is 0.240 e. The summed E-state index contributed by atoms with van der Waals surface area (Å²) in [6, 6.07) is 15.6. The molecule has 1 N–H and O–H groups in total. The van der Waals surface area contributed by atoms with Crippen LogP contribution in [0.4, 0.5) is 5.69 Å². The Balaban J connectivity index is 1.51. The third-order valence-corrected chi connectivity index (χ3v) is 5.04. The largest absolute Gasteiger partial charge is 0.491 e. The fourth-order valence-electron chi connectivity index (χ4n) is 3.78. The fraction of sp³-hybridized carbons (Fsp3) is 0.333. The van der Waals surface area contributed by atoms with Crippen molar-refractivity contribution in [1.29, 1.82) is 0 Å². The van der Waals surface area contributed by atoms with E-state index in [1.807, 2.05) is 36.4 Å². The van der Waals surface area contributed by atoms with Gasteiger partial charge >= 0.3 is 0 Å². The number of nitrogens with one attached hydrogen (secondary N) is 1. The quantitative estimate of drug-likeness (QED) is 0.926. The molecule has 2 aromatic rings. The summed E-state index contributed by atoms with van der Waals surface area (Å²) in [6.45, 7) is 0.349. The Hall–Kier alpha value is -2.82. The number of hydrogen-bond acceptors (Lipinski definition) is 3. The van der Waals surface area contributed by atoms with Gasteiger partial charge in [0.05, 0.1) is 24.8 Å². The van der Waals surface area contributed by atoms with Crippen LogP contribution in [0.15, 0.2) is 48.5 Å². The van der Waals surface area contributed by atoms with Gasteiger partial charge in [0, 0.05) is 0 Å². The zero-order valence-corrected chi connectivity index (χ0v) is 14.6. The summed E-state index contributed by atoms with van der Waals surface area (Å²) < 4.78 is 5.63. The summed E-state index contributed by atoms with van der Waals surface area (Å²) in [5, 5.41) is 3.12. The molecule has 2 amide bonds. The normalized spacial score (nSPS) is 19.0. The van der Waals surface area contributed by atoms with Crippen molar-refractivity contribution in [2.45, 2.75) is 31.7 Å². The van der Waals surface area contributed by atoms with Gasteiger partial charge in [0.2, 0.25) is 11.8 Å². The first-order chi connectivity index (χ1) is 12.7. The second kappa shape index (κ2) is 7.20. The number of fused-ring (bicyclic) bond motifs is 2. The van der Waals surface area contributed by atoms with Crippen molar-refractivity contribution in [3.05, 3.63) is 59.7 Å². The minimum absolute atomic E-state index is 0.0118. The molecule has 4 rings (SSSR count). The first-order valence-corrected chi connectivity index (χ1v) is 9.12.